The van der Waals surface area contributed by atoms with Gasteiger partial charge in [0.1, 0.15) is 5.82 Å². The monoisotopic (exact) mass is 347 g/mol. The van der Waals surface area contributed by atoms with Crippen molar-refractivity contribution in [2.45, 2.75) is 6.92 Å². The highest BCUT2D eigenvalue weighted by molar-refractivity contribution is 9.10. The molecule has 3 N–H and O–H groups in total. The maximum atomic E-state index is 13.3. The first-order chi connectivity index (χ1) is 9.92. The number of nitrogens with two attached hydrogens (primary N) is 1. The summed E-state index contributed by atoms with van der Waals surface area (Å²) < 4.78 is 13.6. The second-order valence-corrected chi connectivity index (χ2v) is 5.30. The van der Waals surface area contributed by atoms with Crippen molar-refractivity contribution in [1.82, 2.24) is 0 Å². The molecule has 0 aliphatic rings. The van der Waals surface area contributed by atoms with Gasteiger partial charge in [-0.15, -0.1) is 0 Å². The molecule has 4 nitrogen and oxygen atoms in total. The van der Waals surface area contributed by atoms with Crippen LogP contribution in [0.1, 0.15) is 21.5 Å². The fourth-order valence-corrected chi connectivity index (χ4v) is 2.25. The van der Waals surface area contributed by atoms with Crippen molar-refractivity contribution in [2.75, 3.05) is 11.1 Å². The molecule has 2 aromatic carbocycles. The molecule has 2 rings (SSSR count). The quantitative estimate of drug-likeness (QED) is 0.814. The number of nitrogens with zero attached hydrogens (tertiary/aromatic N) is 1. The van der Waals surface area contributed by atoms with Crippen molar-refractivity contribution >= 4 is 33.2 Å². The summed E-state index contributed by atoms with van der Waals surface area (Å²) in [6.07, 6.45) is 0. The van der Waals surface area contributed by atoms with Gasteiger partial charge < -0.3 is 11.1 Å². The molecule has 6 heteroatoms. The third kappa shape index (κ3) is 3.20. The Morgan fingerprint density at radius 3 is 2.76 bits per heavy atom. The van der Waals surface area contributed by atoms with Crippen LogP contribution in [0, 0.1) is 24.1 Å². The number of carbonyl (C=O) groups excluding carboxylic acids is 1. The Kier molecular flexibility index (Phi) is 4.24. The van der Waals surface area contributed by atoms with Crippen molar-refractivity contribution < 1.29 is 9.18 Å². The molecule has 0 bridgehead atoms. The number of hydrogen-bond donors (Lipinski definition) is 2. The Bertz CT molecular complexity index is 768. The second-order valence-electron chi connectivity index (χ2n) is 4.45. The minimum absolute atomic E-state index is 0.106. The molecule has 0 aromatic heterocycles. The lowest BCUT2D eigenvalue weighted by Gasteiger charge is -2.10. The molecule has 0 heterocycles. The highest BCUT2D eigenvalue weighted by Crippen LogP contribution is 2.25. The van der Waals surface area contributed by atoms with Gasteiger partial charge in [-0.2, -0.15) is 5.26 Å². The number of amides is 1. The van der Waals surface area contributed by atoms with Gasteiger partial charge in [0.05, 0.1) is 22.9 Å². The summed E-state index contributed by atoms with van der Waals surface area (Å²) in [4.78, 5) is 12.2. The van der Waals surface area contributed by atoms with Crippen molar-refractivity contribution in [3.63, 3.8) is 0 Å². The van der Waals surface area contributed by atoms with E-state index in [4.69, 9.17) is 11.0 Å². The normalized spacial score (nSPS) is 10.0. The number of benzene rings is 2. The molecule has 0 spiro atoms. The maximum absolute atomic E-state index is 13.3. The first kappa shape index (κ1) is 15.0. The van der Waals surface area contributed by atoms with Gasteiger partial charge >= 0.3 is 0 Å². The minimum atomic E-state index is -0.596. The number of carbonyl (C=O) groups is 1. The lowest BCUT2D eigenvalue weighted by atomic mass is 10.1. The number of nitrogen functional groups attached to an aromatic ring is 1. The molecule has 21 heavy (non-hydrogen) atoms. The van der Waals surface area contributed by atoms with E-state index in [-0.39, 0.29) is 11.3 Å². The maximum Gasteiger partial charge on any atom is 0.256 e. The molecule has 106 valence electrons. The van der Waals surface area contributed by atoms with E-state index in [2.05, 4.69) is 21.2 Å². The largest absolute Gasteiger partial charge is 0.396 e. The highest BCUT2D eigenvalue weighted by Gasteiger charge is 2.14. The number of anilines is 2. The van der Waals surface area contributed by atoms with Crippen molar-refractivity contribution in [3.8, 4) is 6.07 Å². The van der Waals surface area contributed by atoms with Gasteiger partial charge in [0, 0.05) is 10.2 Å². The Morgan fingerprint density at radius 1 is 1.38 bits per heavy atom. The molecule has 0 fully saturated rings. The summed E-state index contributed by atoms with van der Waals surface area (Å²) >= 11 is 3.13. The number of halogens is 2. The minimum Gasteiger partial charge on any atom is -0.396 e. The van der Waals surface area contributed by atoms with Gasteiger partial charge in [0.2, 0.25) is 0 Å². The molecule has 0 saturated heterocycles. The number of nitriles is 1. The molecule has 0 aliphatic heterocycles. The molecule has 0 radical (unpaired) electrons. The van der Waals surface area contributed by atoms with Crippen LogP contribution in [-0.4, -0.2) is 5.91 Å². The zero-order chi connectivity index (χ0) is 15.6. The van der Waals surface area contributed by atoms with Gasteiger partial charge in [-0.1, -0.05) is 6.07 Å². The summed E-state index contributed by atoms with van der Waals surface area (Å²) in [7, 11) is 0. The van der Waals surface area contributed by atoms with E-state index in [1.54, 1.807) is 18.2 Å². The molecular formula is C15H11BrFN3O. The van der Waals surface area contributed by atoms with E-state index in [9.17, 15) is 9.18 Å². The van der Waals surface area contributed by atoms with Crippen LogP contribution in [0.15, 0.2) is 34.8 Å². The SMILES string of the molecule is Cc1ccc(C#N)cc1NC(=O)c1cc(N)c(F)cc1Br. The fourth-order valence-electron chi connectivity index (χ4n) is 1.76. The summed E-state index contributed by atoms with van der Waals surface area (Å²) in [6.45, 7) is 1.81. The number of aryl methyl sites for hydroxylation is 1. The van der Waals surface area contributed by atoms with Crippen LogP contribution in [0.25, 0.3) is 0 Å². The van der Waals surface area contributed by atoms with Gasteiger partial charge in [0.25, 0.3) is 5.91 Å². The fraction of sp³-hybridized carbons (Fsp3) is 0.0667. The van der Waals surface area contributed by atoms with Crippen molar-refractivity contribution in [1.29, 1.82) is 5.26 Å². The first-order valence-corrected chi connectivity index (χ1v) is 6.78. The first-order valence-electron chi connectivity index (χ1n) is 5.99. The zero-order valence-electron chi connectivity index (χ0n) is 11.1. The van der Waals surface area contributed by atoms with Crippen LogP contribution in [-0.2, 0) is 0 Å². The van der Waals surface area contributed by atoms with Gasteiger partial charge in [-0.25, -0.2) is 4.39 Å². The summed E-state index contributed by atoms with van der Waals surface area (Å²) in [6, 6.07) is 9.39. The number of hydrogen-bond acceptors (Lipinski definition) is 3. The second kappa shape index (κ2) is 5.94. The lowest BCUT2D eigenvalue weighted by molar-refractivity contribution is 0.102. The van der Waals surface area contributed by atoms with Crippen LogP contribution in [0.5, 0.6) is 0 Å². The van der Waals surface area contributed by atoms with Gasteiger partial charge in [-0.3, -0.25) is 4.79 Å². The average Bonchev–Trinajstić information content (AvgIpc) is 2.45. The smallest absolute Gasteiger partial charge is 0.256 e. The Balaban J connectivity index is 2.35. The van der Waals surface area contributed by atoms with E-state index in [0.717, 1.165) is 11.6 Å². The molecule has 0 saturated carbocycles. The van der Waals surface area contributed by atoms with E-state index < -0.39 is 11.7 Å². The third-order valence-electron chi connectivity index (χ3n) is 2.95. The van der Waals surface area contributed by atoms with Gasteiger partial charge in [-0.05, 0) is 52.7 Å². The standard InChI is InChI=1S/C15H11BrFN3O/c1-8-2-3-9(7-18)4-14(8)20-15(21)10-5-13(19)12(17)6-11(10)16/h2-6H,19H2,1H3,(H,20,21). The topological polar surface area (TPSA) is 78.9 Å². The van der Waals surface area contributed by atoms with Crippen molar-refractivity contribution in [3.05, 3.63) is 57.3 Å². The van der Waals surface area contributed by atoms with E-state index in [0.29, 0.717) is 15.7 Å². The number of rotatable bonds is 2. The van der Waals surface area contributed by atoms with Crippen LogP contribution >= 0.6 is 15.9 Å². The Hall–Kier alpha value is -2.39. The molecular weight excluding hydrogens is 337 g/mol. The highest BCUT2D eigenvalue weighted by atomic mass is 79.9. The van der Waals surface area contributed by atoms with Gasteiger partial charge in [0.15, 0.2) is 0 Å². The molecule has 2 aromatic rings. The Morgan fingerprint density at radius 2 is 2.10 bits per heavy atom. The Labute approximate surface area is 129 Å². The number of nitrogens with one attached hydrogen (secondary N) is 1. The van der Waals surface area contributed by atoms with Crippen LogP contribution in [0.4, 0.5) is 15.8 Å². The predicted octanol–water partition coefficient (Wildman–Crippen LogP) is 3.60. The molecule has 1 amide bonds. The van der Waals surface area contributed by atoms with E-state index in [1.165, 1.54) is 6.07 Å². The summed E-state index contributed by atoms with van der Waals surface area (Å²) in [5, 5.41) is 11.6. The average molecular weight is 348 g/mol. The molecule has 0 atom stereocenters. The van der Waals surface area contributed by atoms with Crippen LogP contribution < -0.4 is 11.1 Å². The summed E-state index contributed by atoms with van der Waals surface area (Å²) in [5.74, 6) is -1.03. The van der Waals surface area contributed by atoms with Crippen LogP contribution in [0.3, 0.4) is 0 Å². The van der Waals surface area contributed by atoms with E-state index in [1.807, 2.05) is 13.0 Å². The zero-order valence-corrected chi connectivity index (χ0v) is 12.7. The van der Waals surface area contributed by atoms with Crippen LogP contribution in [0.2, 0.25) is 0 Å². The lowest BCUT2D eigenvalue weighted by Crippen LogP contribution is -2.14. The summed E-state index contributed by atoms with van der Waals surface area (Å²) in [5.41, 5.74) is 7.36. The van der Waals surface area contributed by atoms with E-state index >= 15 is 0 Å². The van der Waals surface area contributed by atoms with Crippen molar-refractivity contribution in [2.24, 2.45) is 0 Å². The molecule has 0 unspecified atom stereocenters. The molecule has 0 aliphatic carbocycles. The third-order valence-corrected chi connectivity index (χ3v) is 3.60. The predicted molar refractivity (Wildman–Crippen MR) is 82.4 cm³/mol.